The number of aryl methyl sites for hydroxylation is 1. The molecular weight excluding hydrogens is 376 g/mol. The maximum Gasteiger partial charge on any atom is 0.258 e. The molecule has 2 aromatic carbocycles. The second kappa shape index (κ2) is 7.32. The molecule has 0 spiro atoms. The molecule has 0 saturated carbocycles. The van der Waals surface area contributed by atoms with Crippen molar-refractivity contribution in [3.05, 3.63) is 93.6 Å². The zero-order valence-corrected chi connectivity index (χ0v) is 15.8. The van der Waals surface area contributed by atoms with Gasteiger partial charge in [-0.1, -0.05) is 41.9 Å². The summed E-state index contributed by atoms with van der Waals surface area (Å²) >= 11 is 5.94. The van der Waals surface area contributed by atoms with Crippen LogP contribution in [0.1, 0.15) is 15.9 Å². The first kappa shape index (κ1) is 18.0. The van der Waals surface area contributed by atoms with Crippen molar-refractivity contribution in [2.75, 3.05) is 5.32 Å². The van der Waals surface area contributed by atoms with E-state index in [9.17, 15) is 9.59 Å². The number of anilines is 1. The molecule has 140 valence electrons. The Morgan fingerprint density at radius 2 is 1.79 bits per heavy atom. The van der Waals surface area contributed by atoms with Gasteiger partial charge in [0.1, 0.15) is 0 Å². The van der Waals surface area contributed by atoms with Gasteiger partial charge < -0.3 is 9.88 Å². The van der Waals surface area contributed by atoms with Crippen molar-refractivity contribution >= 4 is 34.0 Å². The van der Waals surface area contributed by atoms with Crippen LogP contribution in [0.3, 0.4) is 0 Å². The van der Waals surface area contributed by atoms with Crippen LogP contribution in [0.5, 0.6) is 0 Å². The van der Waals surface area contributed by atoms with E-state index in [-0.39, 0.29) is 11.5 Å². The Bertz CT molecular complexity index is 1230. The van der Waals surface area contributed by atoms with E-state index >= 15 is 0 Å². The minimum absolute atomic E-state index is 0.150. The predicted molar refractivity (Wildman–Crippen MR) is 110 cm³/mol. The summed E-state index contributed by atoms with van der Waals surface area (Å²) in [6.07, 6.45) is 4.89. The Labute approximate surface area is 166 Å². The molecule has 0 radical (unpaired) electrons. The average Bonchev–Trinajstić information content (AvgIpc) is 3.10. The zero-order chi connectivity index (χ0) is 19.7. The number of hydrogen-bond acceptors (Lipinski definition) is 3. The van der Waals surface area contributed by atoms with Crippen LogP contribution in [0.25, 0.3) is 10.8 Å². The SMILES string of the molecule is Cn1cc(NC(=O)c2cn(Cc3ccc(Cl)cc3)c(=O)c3ccccc23)cn1. The molecule has 0 aliphatic heterocycles. The van der Waals surface area contributed by atoms with Crippen LogP contribution < -0.4 is 10.9 Å². The maximum absolute atomic E-state index is 12.9. The molecule has 0 aliphatic rings. The number of amides is 1. The molecule has 0 aliphatic carbocycles. The van der Waals surface area contributed by atoms with Gasteiger partial charge in [0.05, 0.1) is 24.0 Å². The summed E-state index contributed by atoms with van der Waals surface area (Å²) in [6.45, 7) is 0.341. The van der Waals surface area contributed by atoms with Gasteiger partial charge >= 0.3 is 0 Å². The first-order chi connectivity index (χ1) is 13.5. The molecule has 2 heterocycles. The lowest BCUT2D eigenvalue weighted by Crippen LogP contribution is -2.24. The number of halogens is 1. The molecule has 28 heavy (non-hydrogen) atoms. The molecule has 6 nitrogen and oxygen atoms in total. The number of aromatic nitrogens is 3. The Hall–Kier alpha value is -3.38. The second-order valence-corrected chi connectivity index (χ2v) is 6.94. The summed E-state index contributed by atoms with van der Waals surface area (Å²) in [7, 11) is 1.78. The zero-order valence-electron chi connectivity index (χ0n) is 15.1. The van der Waals surface area contributed by atoms with E-state index in [0.29, 0.717) is 33.6 Å². The smallest absolute Gasteiger partial charge is 0.258 e. The Morgan fingerprint density at radius 1 is 1.07 bits per heavy atom. The molecule has 2 aromatic heterocycles. The lowest BCUT2D eigenvalue weighted by molar-refractivity contribution is 0.102. The molecule has 4 aromatic rings. The van der Waals surface area contributed by atoms with Crippen molar-refractivity contribution in [1.29, 1.82) is 0 Å². The number of benzene rings is 2. The summed E-state index contributed by atoms with van der Waals surface area (Å²) in [6, 6.07) is 14.4. The number of carbonyl (C=O) groups excluding carboxylic acids is 1. The minimum atomic E-state index is -0.297. The van der Waals surface area contributed by atoms with Gasteiger partial charge in [0, 0.05) is 35.2 Å². The third kappa shape index (κ3) is 3.54. The molecule has 1 N–H and O–H groups in total. The molecule has 1 amide bonds. The van der Waals surface area contributed by atoms with E-state index in [0.717, 1.165) is 5.56 Å². The summed E-state index contributed by atoms with van der Waals surface area (Å²) in [5.74, 6) is -0.297. The number of nitrogens with one attached hydrogen (secondary N) is 1. The van der Waals surface area contributed by atoms with Crippen LogP contribution in [0.15, 0.2) is 71.9 Å². The first-order valence-corrected chi connectivity index (χ1v) is 9.06. The lowest BCUT2D eigenvalue weighted by Gasteiger charge is -2.12. The van der Waals surface area contributed by atoms with E-state index in [1.165, 1.54) is 0 Å². The quantitative estimate of drug-likeness (QED) is 0.576. The number of pyridine rings is 1. The van der Waals surface area contributed by atoms with Gasteiger partial charge in [0.15, 0.2) is 0 Å². The Kier molecular flexibility index (Phi) is 4.71. The first-order valence-electron chi connectivity index (χ1n) is 8.68. The van der Waals surface area contributed by atoms with Crippen molar-refractivity contribution in [1.82, 2.24) is 14.3 Å². The molecule has 0 atom stereocenters. The highest BCUT2D eigenvalue weighted by Gasteiger charge is 2.15. The third-order valence-electron chi connectivity index (χ3n) is 4.47. The van der Waals surface area contributed by atoms with E-state index in [1.54, 1.807) is 65.2 Å². The van der Waals surface area contributed by atoms with Crippen molar-refractivity contribution in [3.8, 4) is 0 Å². The third-order valence-corrected chi connectivity index (χ3v) is 4.72. The fraction of sp³-hybridized carbons (Fsp3) is 0.0952. The number of hydrogen-bond donors (Lipinski definition) is 1. The molecule has 0 fully saturated rings. The lowest BCUT2D eigenvalue weighted by atomic mass is 10.1. The molecule has 4 rings (SSSR count). The number of rotatable bonds is 4. The maximum atomic E-state index is 12.9. The summed E-state index contributed by atoms with van der Waals surface area (Å²) < 4.78 is 3.15. The largest absolute Gasteiger partial charge is 0.319 e. The Balaban J connectivity index is 1.78. The topological polar surface area (TPSA) is 68.9 Å². The van der Waals surface area contributed by atoms with E-state index < -0.39 is 0 Å². The van der Waals surface area contributed by atoms with Gasteiger partial charge in [0.2, 0.25) is 0 Å². The molecule has 0 unspecified atom stereocenters. The van der Waals surface area contributed by atoms with Gasteiger partial charge in [-0.2, -0.15) is 5.10 Å². The molecule has 7 heteroatoms. The van der Waals surface area contributed by atoms with Crippen LogP contribution in [-0.4, -0.2) is 20.3 Å². The minimum Gasteiger partial charge on any atom is -0.319 e. The Morgan fingerprint density at radius 3 is 2.46 bits per heavy atom. The standard InChI is InChI=1S/C21H17ClN4O2/c1-25-12-16(10-23-25)24-20(27)19-13-26(11-14-6-8-15(22)9-7-14)21(28)18-5-3-2-4-17(18)19/h2-10,12-13H,11H2,1H3,(H,24,27). The predicted octanol–water partition coefficient (Wildman–Crippen LogP) is 3.69. The van der Waals surface area contributed by atoms with Crippen LogP contribution in [0.2, 0.25) is 5.02 Å². The summed E-state index contributed by atoms with van der Waals surface area (Å²) in [4.78, 5) is 25.8. The average molecular weight is 393 g/mol. The normalized spacial score (nSPS) is 10.9. The van der Waals surface area contributed by atoms with Crippen LogP contribution in [-0.2, 0) is 13.6 Å². The van der Waals surface area contributed by atoms with Gasteiger partial charge in [-0.25, -0.2) is 0 Å². The van der Waals surface area contributed by atoms with Gasteiger partial charge in [-0.3, -0.25) is 14.3 Å². The highest BCUT2D eigenvalue weighted by atomic mass is 35.5. The highest BCUT2D eigenvalue weighted by molar-refractivity contribution is 6.30. The van der Waals surface area contributed by atoms with E-state index in [2.05, 4.69) is 10.4 Å². The summed E-state index contributed by atoms with van der Waals surface area (Å²) in [5, 5.41) is 8.63. The van der Waals surface area contributed by atoms with Crippen molar-refractivity contribution in [2.24, 2.45) is 7.05 Å². The van der Waals surface area contributed by atoms with Crippen LogP contribution in [0, 0.1) is 0 Å². The highest BCUT2D eigenvalue weighted by Crippen LogP contribution is 2.18. The van der Waals surface area contributed by atoms with E-state index in [1.807, 2.05) is 18.2 Å². The number of nitrogens with zero attached hydrogens (tertiary/aromatic N) is 3. The molecular formula is C21H17ClN4O2. The van der Waals surface area contributed by atoms with Crippen molar-refractivity contribution < 1.29 is 4.79 Å². The second-order valence-electron chi connectivity index (χ2n) is 6.50. The number of carbonyl (C=O) groups is 1. The summed E-state index contributed by atoms with van der Waals surface area (Å²) in [5.41, 5.74) is 1.78. The van der Waals surface area contributed by atoms with Gasteiger partial charge in [0.25, 0.3) is 11.5 Å². The molecule has 0 bridgehead atoms. The number of fused-ring (bicyclic) bond motifs is 1. The molecule has 0 saturated heterocycles. The van der Waals surface area contributed by atoms with Crippen LogP contribution in [0.4, 0.5) is 5.69 Å². The van der Waals surface area contributed by atoms with E-state index in [4.69, 9.17) is 11.6 Å². The van der Waals surface area contributed by atoms with Crippen molar-refractivity contribution in [2.45, 2.75) is 6.54 Å². The van der Waals surface area contributed by atoms with Crippen LogP contribution >= 0.6 is 11.6 Å². The van der Waals surface area contributed by atoms with Gasteiger partial charge in [-0.05, 0) is 23.8 Å². The monoisotopic (exact) mass is 392 g/mol. The van der Waals surface area contributed by atoms with Gasteiger partial charge in [-0.15, -0.1) is 0 Å². The fourth-order valence-electron chi connectivity index (χ4n) is 3.11. The van der Waals surface area contributed by atoms with Crippen molar-refractivity contribution in [3.63, 3.8) is 0 Å². The fourth-order valence-corrected chi connectivity index (χ4v) is 3.24.